The molecule has 0 radical (unpaired) electrons. The molecule has 4 heteroatoms. The first-order valence-electron chi connectivity index (χ1n) is 5.95. The maximum atomic E-state index is 10.3. The third kappa shape index (κ3) is 4.32. The van der Waals surface area contributed by atoms with E-state index in [4.69, 9.17) is 4.74 Å². The standard InChI is InChI=1S/C13H22N2O2/c1-10(2)17-12-7-11(8-15-9-12)13(3,16)5-6-14-4/h7-10,14,16H,5-6H2,1-4H3. The summed E-state index contributed by atoms with van der Waals surface area (Å²) in [5.41, 5.74) is -0.0993. The van der Waals surface area contributed by atoms with Crippen molar-refractivity contribution in [1.82, 2.24) is 10.3 Å². The maximum absolute atomic E-state index is 10.3. The Labute approximate surface area is 103 Å². The molecule has 2 N–H and O–H groups in total. The summed E-state index contributed by atoms with van der Waals surface area (Å²) in [4.78, 5) is 4.11. The fraction of sp³-hybridized carbons (Fsp3) is 0.615. The first-order valence-corrected chi connectivity index (χ1v) is 5.95. The molecule has 1 rings (SSSR count). The summed E-state index contributed by atoms with van der Waals surface area (Å²) in [5, 5.41) is 13.4. The zero-order valence-electron chi connectivity index (χ0n) is 11.0. The number of hydrogen-bond acceptors (Lipinski definition) is 4. The summed E-state index contributed by atoms with van der Waals surface area (Å²) in [6, 6.07) is 1.85. The monoisotopic (exact) mass is 238 g/mol. The fourth-order valence-electron chi connectivity index (χ4n) is 1.56. The van der Waals surface area contributed by atoms with Crippen LogP contribution in [-0.4, -0.2) is 29.8 Å². The Hall–Kier alpha value is -1.13. The van der Waals surface area contributed by atoms with Crippen LogP contribution in [0, 0.1) is 0 Å². The zero-order chi connectivity index (χ0) is 12.9. The molecule has 0 bridgehead atoms. The van der Waals surface area contributed by atoms with Gasteiger partial charge in [0, 0.05) is 11.8 Å². The molecule has 0 fully saturated rings. The average molecular weight is 238 g/mol. The topological polar surface area (TPSA) is 54.4 Å². The second kappa shape index (κ2) is 5.98. The van der Waals surface area contributed by atoms with Crippen LogP contribution in [0.3, 0.4) is 0 Å². The van der Waals surface area contributed by atoms with Gasteiger partial charge in [0.15, 0.2) is 0 Å². The zero-order valence-corrected chi connectivity index (χ0v) is 11.0. The summed E-state index contributed by atoms with van der Waals surface area (Å²) in [5.74, 6) is 0.697. The van der Waals surface area contributed by atoms with Crippen molar-refractivity contribution < 1.29 is 9.84 Å². The van der Waals surface area contributed by atoms with Crippen molar-refractivity contribution in [1.29, 1.82) is 0 Å². The molecule has 1 heterocycles. The molecule has 1 atom stereocenters. The van der Waals surface area contributed by atoms with Gasteiger partial charge in [-0.25, -0.2) is 0 Å². The Morgan fingerprint density at radius 3 is 2.76 bits per heavy atom. The van der Waals surface area contributed by atoms with E-state index in [9.17, 15) is 5.11 Å². The Bertz CT molecular complexity index is 351. The smallest absolute Gasteiger partial charge is 0.138 e. The minimum Gasteiger partial charge on any atom is -0.489 e. The van der Waals surface area contributed by atoms with Crippen molar-refractivity contribution in [3.8, 4) is 5.75 Å². The van der Waals surface area contributed by atoms with E-state index in [0.717, 1.165) is 12.1 Å². The fourth-order valence-corrected chi connectivity index (χ4v) is 1.56. The highest BCUT2D eigenvalue weighted by Crippen LogP contribution is 2.26. The molecule has 0 saturated heterocycles. The van der Waals surface area contributed by atoms with E-state index in [-0.39, 0.29) is 6.10 Å². The van der Waals surface area contributed by atoms with Gasteiger partial charge in [-0.2, -0.15) is 0 Å². The summed E-state index contributed by atoms with van der Waals surface area (Å²) < 4.78 is 5.57. The van der Waals surface area contributed by atoms with Gasteiger partial charge in [0.25, 0.3) is 0 Å². The van der Waals surface area contributed by atoms with Gasteiger partial charge in [-0.1, -0.05) is 0 Å². The lowest BCUT2D eigenvalue weighted by molar-refractivity contribution is 0.0477. The Balaban J connectivity index is 2.82. The van der Waals surface area contributed by atoms with Crippen LogP contribution in [0.25, 0.3) is 0 Å². The summed E-state index contributed by atoms with van der Waals surface area (Å²) >= 11 is 0. The second-order valence-corrected chi connectivity index (χ2v) is 4.70. The van der Waals surface area contributed by atoms with E-state index in [1.165, 1.54) is 0 Å². The van der Waals surface area contributed by atoms with E-state index >= 15 is 0 Å². The lowest BCUT2D eigenvalue weighted by Gasteiger charge is -2.24. The highest BCUT2D eigenvalue weighted by molar-refractivity contribution is 5.27. The molecule has 0 spiro atoms. The van der Waals surface area contributed by atoms with Crippen LogP contribution in [0.4, 0.5) is 0 Å². The quantitative estimate of drug-likeness (QED) is 0.792. The molecule has 0 aliphatic heterocycles. The number of nitrogens with one attached hydrogen (secondary N) is 1. The van der Waals surface area contributed by atoms with Crippen molar-refractivity contribution in [2.24, 2.45) is 0 Å². The predicted molar refractivity (Wildman–Crippen MR) is 68.1 cm³/mol. The van der Waals surface area contributed by atoms with Crippen molar-refractivity contribution in [2.75, 3.05) is 13.6 Å². The lowest BCUT2D eigenvalue weighted by Crippen LogP contribution is -2.26. The lowest BCUT2D eigenvalue weighted by atomic mass is 9.94. The molecule has 0 amide bonds. The summed E-state index contributed by atoms with van der Waals surface area (Å²) in [7, 11) is 1.87. The van der Waals surface area contributed by atoms with Gasteiger partial charge in [-0.3, -0.25) is 4.98 Å². The molecule has 0 aliphatic rings. The predicted octanol–water partition coefficient (Wildman–Crippen LogP) is 1.69. The van der Waals surface area contributed by atoms with Gasteiger partial charge in [0.1, 0.15) is 5.75 Å². The molecular formula is C13H22N2O2. The number of pyridine rings is 1. The van der Waals surface area contributed by atoms with Crippen LogP contribution >= 0.6 is 0 Å². The third-order valence-electron chi connectivity index (χ3n) is 2.57. The van der Waals surface area contributed by atoms with Gasteiger partial charge in [0.05, 0.1) is 17.9 Å². The Morgan fingerprint density at radius 2 is 2.18 bits per heavy atom. The van der Waals surface area contributed by atoms with E-state index < -0.39 is 5.60 Å². The number of hydrogen-bond donors (Lipinski definition) is 2. The van der Waals surface area contributed by atoms with Crippen LogP contribution in [0.2, 0.25) is 0 Å². The first kappa shape index (κ1) is 13.9. The molecule has 0 aliphatic carbocycles. The molecule has 0 saturated carbocycles. The van der Waals surface area contributed by atoms with E-state index in [0.29, 0.717) is 12.2 Å². The summed E-state index contributed by atoms with van der Waals surface area (Å²) in [6.45, 7) is 6.47. The van der Waals surface area contributed by atoms with E-state index in [1.807, 2.05) is 27.0 Å². The average Bonchev–Trinajstić information content (AvgIpc) is 2.26. The number of aromatic nitrogens is 1. The molecule has 1 unspecified atom stereocenters. The van der Waals surface area contributed by atoms with Crippen molar-refractivity contribution in [3.63, 3.8) is 0 Å². The number of nitrogens with zero attached hydrogens (tertiary/aromatic N) is 1. The van der Waals surface area contributed by atoms with Gasteiger partial charge < -0.3 is 15.2 Å². The van der Waals surface area contributed by atoms with Crippen LogP contribution in [-0.2, 0) is 5.60 Å². The molecule has 17 heavy (non-hydrogen) atoms. The molecular weight excluding hydrogens is 216 g/mol. The maximum Gasteiger partial charge on any atom is 0.138 e. The molecule has 96 valence electrons. The highest BCUT2D eigenvalue weighted by atomic mass is 16.5. The summed E-state index contributed by atoms with van der Waals surface area (Å²) in [6.07, 6.45) is 4.09. The Kier molecular flexibility index (Phi) is 4.90. The Morgan fingerprint density at radius 1 is 1.47 bits per heavy atom. The largest absolute Gasteiger partial charge is 0.489 e. The van der Waals surface area contributed by atoms with Gasteiger partial charge in [-0.05, 0) is 46.9 Å². The number of ether oxygens (including phenoxy) is 1. The number of aliphatic hydroxyl groups is 1. The molecule has 4 nitrogen and oxygen atoms in total. The second-order valence-electron chi connectivity index (χ2n) is 4.70. The highest BCUT2D eigenvalue weighted by Gasteiger charge is 2.23. The van der Waals surface area contributed by atoms with E-state index in [1.54, 1.807) is 19.3 Å². The van der Waals surface area contributed by atoms with Crippen LogP contribution in [0.1, 0.15) is 32.8 Å². The molecule has 0 aromatic carbocycles. The third-order valence-corrected chi connectivity index (χ3v) is 2.57. The van der Waals surface area contributed by atoms with Gasteiger partial charge in [0.2, 0.25) is 0 Å². The normalized spacial score (nSPS) is 14.7. The number of rotatable bonds is 6. The van der Waals surface area contributed by atoms with Crippen molar-refractivity contribution in [2.45, 2.75) is 38.9 Å². The van der Waals surface area contributed by atoms with Crippen molar-refractivity contribution in [3.05, 3.63) is 24.0 Å². The van der Waals surface area contributed by atoms with Gasteiger partial charge >= 0.3 is 0 Å². The SMILES string of the molecule is CNCCC(C)(O)c1cncc(OC(C)C)c1. The van der Waals surface area contributed by atoms with Crippen LogP contribution in [0.5, 0.6) is 5.75 Å². The van der Waals surface area contributed by atoms with E-state index in [2.05, 4.69) is 10.3 Å². The van der Waals surface area contributed by atoms with Crippen LogP contribution in [0.15, 0.2) is 18.5 Å². The van der Waals surface area contributed by atoms with Crippen molar-refractivity contribution >= 4 is 0 Å². The van der Waals surface area contributed by atoms with Gasteiger partial charge in [-0.15, -0.1) is 0 Å². The minimum atomic E-state index is -0.883. The molecule has 1 aromatic heterocycles. The van der Waals surface area contributed by atoms with Crippen LogP contribution < -0.4 is 10.1 Å². The first-order chi connectivity index (χ1) is 7.95. The minimum absolute atomic E-state index is 0.106. The molecule has 1 aromatic rings.